The molecular formula is C54H105NO3. The van der Waals surface area contributed by atoms with E-state index < -0.39 is 12.1 Å². The molecule has 0 bridgehead atoms. The van der Waals surface area contributed by atoms with Gasteiger partial charge < -0.3 is 15.5 Å². The van der Waals surface area contributed by atoms with Crippen LogP contribution in [-0.2, 0) is 4.79 Å². The Kier molecular flexibility index (Phi) is 49.2. The average molecular weight is 816 g/mol. The summed E-state index contributed by atoms with van der Waals surface area (Å²) < 4.78 is 0. The van der Waals surface area contributed by atoms with Crippen LogP contribution < -0.4 is 5.32 Å². The highest BCUT2D eigenvalue weighted by Crippen LogP contribution is 2.17. The lowest BCUT2D eigenvalue weighted by molar-refractivity contribution is -0.123. The van der Waals surface area contributed by atoms with Gasteiger partial charge in [0.2, 0.25) is 5.91 Å². The maximum atomic E-state index is 12.4. The molecule has 3 N–H and O–H groups in total. The second-order valence-corrected chi connectivity index (χ2v) is 18.3. The number of nitrogens with one attached hydrogen (secondary N) is 1. The fourth-order valence-corrected chi connectivity index (χ4v) is 8.37. The minimum absolute atomic E-state index is 0.0700. The third-order valence-electron chi connectivity index (χ3n) is 12.4. The first kappa shape index (κ1) is 56.9. The van der Waals surface area contributed by atoms with Crippen molar-refractivity contribution in [1.82, 2.24) is 5.32 Å². The minimum atomic E-state index is -0.859. The van der Waals surface area contributed by atoms with Crippen LogP contribution in [0.2, 0.25) is 0 Å². The molecule has 0 aromatic rings. The Morgan fingerprint density at radius 1 is 0.397 bits per heavy atom. The van der Waals surface area contributed by atoms with Crippen molar-refractivity contribution in [1.29, 1.82) is 0 Å². The molecule has 0 saturated heterocycles. The molecule has 0 aliphatic rings. The van der Waals surface area contributed by atoms with Gasteiger partial charge in [-0.1, -0.05) is 282 Å². The Labute approximate surface area is 364 Å². The molecule has 4 heteroatoms. The van der Waals surface area contributed by atoms with E-state index >= 15 is 0 Å². The maximum Gasteiger partial charge on any atom is 0.220 e. The fourth-order valence-electron chi connectivity index (χ4n) is 8.37. The SMILES string of the molecule is CCCCCCCCCCCCCCCCCCCCCCCCCCCC/C=C/CC/C=C/C(O)C(CO)NC(=O)CCCCCCCCCCCCCCCC. The van der Waals surface area contributed by atoms with Crippen molar-refractivity contribution in [3.05, 3.63) is 24.3 Å². The zero-order valence-electron chi connectivity index (χ0n) is 39.6. The van der Waals surface area contributed by atoms with Crippen molar-refractivity contribution in [3.8, 4) is 0 Å². The van der Waals surface area contributed by atoms with E-state index in [2.05, 4.69) is 31.3 Å². The van der Waals surface area contributed by atoms with Gasteiger partial charge in [-0.2, -0.15) is 0 Å². The predicted octanol–water partition coefficient (Wildman–Crippen LogP) is 17.1. The minimum Gasteiger partial charge on any atom is -0.394 e. The Morgan fingerprint density at radius 3 is 1.00 bits per heavy atom. The van der Waals surface area contributed by atoms with Gasteiger partial charge in [-0.25, -0.2) is 0 Å². The van der Waals surface area contributed by atoms with Crippen LogP contribution in [0, 0.1) is 0 Å². The third kappa shape index (κ3) is 45.9. The third-order valence-corrected chi connectivity index (χ3v) is 12.4. The fraction of sp³-hybridized carbons (Fsp3) is 0.907. The number of carbonyl (C=O) groups excluding carboxylic acids is 1. The van der Waals surface area contributed by atoms with E-state index in [0.29, 0.717) is 6.42 Å². The first-order chi connectivity index (χ1) is 28.7. The Bertz CT molecular complexity index is 840. The monoisotopic (exact) mass is 816 g/mol. The summed E-state index contributed by atoms with van der Waals surface area (Å²) in [5, 5.41) is 23.1. The molecule has 0 heterocycles. The number of hydrogen-bond acceptors (Lipinski definition) is 3. The lowest BCUT2D eigenvalue weighted by Crippen LogP contribution is -2.45. The van der Waals surface area contributed by atoms with Crippen molar-refractivity contribution >= 4 is 5.91 Å². The molecule has 2 atom stereocenters. The highest BCUT2D eigenvalue weighted by molar-refractivity contribution is 5.76. The van der Waals surface area contributed by atoms with E-state index in [4.69, 9.17) is 0 Å². The second-order valence-electron chi connectivity index (χ2n) is 18.3. The number of unbranched alkanes of at least 4 members (excludes halogenated alkanes) is 40. The summed E-state index contributed by atoms with van der Waals surface area (Å²) in [6.45, 7) is 4.32. The molecule has 0 rings (SSSR count). The highest BCUT2D eigenvalue weighted by Gasteiger charge is 2.18. The van der Waals surface area contributed by atoms with Gasteiger partial charge in [-0.15, -0.1) is 0 Å². The molecule has 1 amide bonds. The number of hydrogen-bond donors (Lipinski definition) is 3. The van der Waals surface area contributed by atoms with Gasteiger partial charge >= 0.3 is 0 Å². The summed E-state index contributed by atoms with van der Waals surface area (Å²) in [5.41, 5.74) is 0. The smallest absolute Gasteiger partial charge is 0.220 e. The molecule has 58 heavy (non-hydrogen) atoms. The summed E-state index contributed by atoms with van der Waals surface area (Å²) in [4.78, 5) is 12.4. The molecule has 344 valence electrons. The molecule has 0 saturated carbocycles. The second kappa shape index (κ2) is 50.2. The van der Waals surface area contributed by atoms with E-state index in [9.17, 15) is 15.0 Å². The van der Waals surface area contributed by atoms with Crippen LogP contribution in [0.1, 0.15) is 296 Å². The molecule has 0 fully saturated rings. The standard InChI is InChI=1S/C54H105NO3/c1-3-5-7-9-11-13-15-17-19-20-21-22-23-24-25-26-27-28-29-30-31-32-33-34-35-36-37-39-41-43-45-47-49-53(57)52(51-56)55-54(58)50-48-46-44-42-40-38-18-16-14-12-10-8-6-4-2/h39,41,47,49,52-53,56-57H,3-38,40,42-46,48,50-51H2,1-2H3,(H,55,58)/b41-39+,49-47+. The van der Waals surface area contributed by atoms with Crippen LogP contribution >= 0.6 is 0 Å². The quantitative estimate of drug-likeness (QED) is 0.0423. The highest BCUT2D eigenvalue weighted by atomic mass is 16.3. The lowest BCUT2D eigenvalue weighted by atomic mass is 10.0. The number of aliphatic hydroxyl groups excluding tert-OH is 2. The molecule has 0 aliphatic heterocycles. The number of carbonyl (C=O) groups is 1. The van der Waals surface area contributed by atoms with Gasteiger partial charge in [-0.3, -0.25) is 4.79 Å². The molecular weight excluding hydrogens is 711 g/mol. The first-order valence-corrected chi connectivity index (χ1v) is 26.6. The van der Waals surface area contributed by atoms with Crippen molar-refractivity contribution in [2.45, 2.75) is 309 Å². The van der Waals surface area contributed by atoms with E-state index in [1.165, 1.54) is 244 Å². The van der Waals surface area contributed by atoms with Crippen LogP contribution in [0.3, 0.4) is 0 Å². The Balaban J connectivity index is 3.46. The zero-order valence-corrected chi connectivity index (χ0v) is 39.6. The van der Waals surface area contributed by atoms with Gasteiger partial charge in [0.05, 0.1) is 18.8 Å². The van der Waals surface area contributed by atoms with Crippen LogP contribution in [0.4, 0.5) is 0 Å². The topological polar surface area (TPSA) is 69.6 Å². The summed E-state index contributed by atoms with van der Waals surface area (Å²) in [6, 6.07) is -0.635. The van der Waals surface area contributed by atoms with Crippen LogP contribution in [-0.4, -0.2) is 34.9 Å². The lowest BCUT2D eigenvalue weighted by Gasteiger charge is -2.19. The zero-order chi connectivity index (χ0) is 42.1. The van der Waals surface area contributed by atoms with Gasteiger partial charge in [0.15, 0.2) is 0 Å². The normalized spacial score (nSPS) is 13.0. The predicted molar refractivity (Wildman–Crippen MR) is 258 cm³/mol. The largest absolute Gasteiger partial charge is 0.394 e. The van der Waals surface area contributed by atoms with Gasteiger partial charge in [-0.05, 0) is 32.1 Å². The number of rotatable bonds is 49. The molecule has 0 aromatic carbocycles. The van der Waals surface area contributed by atoms with Crippen LogP contribution in [0.25, 0.3) is 0 Å². The van der Waals surface area contributed by atoms with Crippen molar-refractivity contribution in [2.24, 2.45) is 0 Å². The van der Waals surface area contributed by atoms with Crippen molar-refractivity contribution in [3.63, 3.8) is 0 Å². The van der Waals surface area contributed by atoms with Gasteiger partial charge in [0.1, 0.15) is 0 Å². The molecule has 4 nitrogen and oxygen atoms in total. The van der Waals surface area contributed by atoms with E-state index in [-0.39, 0.29) is 12.5 Å². The summed E-state index contributed by atoms with van der Waals surface area (Å²) in [7, 11) is 0. The summed E-state index contributed by atoms with van der Waals surface area (Å²) >= 11 is 0. The average Bonchev–Trinajstić information content (AvgIpc) is 3.23. The van der Waals surface area contributed by atoms with Gasteiger partial charge in [0, 0.05) is 6.42 Å². The van der Waals surface area contributed by atoms with E-state index in [1.54, 1.807) is 6.08 Å². The summed E-state index contributed by atoms with van der Waals surface area (Å²) in [5.74, 6) is -0.0700. The van der Waals surface area contributed by atoms with E-state index in [1.807, 2.05) is 6.08 Å². The van der Waals surface area contributed by atoms with Crippen molar-refractivity contribution in [2.75, 3.05) is 6.61 Å². The van der Waals surface area contributed by atoms with Crippen molar-refractivity contribution < 1.29 is 15.0 Å². The molecule has 0 radical (unpaired) electrons. The number of allylic oxidation sites excluding steroid dienone is 3. The summed E-state index contributed by atoms with van der Waals surface area (Å²) in [6.07, 6.45) is 66.3. The Morgan fingerprint density at radius 2 is 0.672 bits per heavy atom. The molecule has 0 aromatic heterocycles. The molecule has 2 unspecified atom stereocenters. The first-order valence-electron chi connectivity index (χ1n) is 26.6. The van der Waals surface area contributed by atoms with Crippen LogP contribution in [0.15, 0.2) is 24.3 Å². The van der Waals surface area contributed by atoms with Crippen LogP contribution in [0.5, 0.6) is 0 Å². The van der Waals surface area contributed by atoms with Gasteiger partial charge in [0.25, 0.3) is 0 Å². The Hall–Kier alpha value is -1.13. The number of aliphatic hydroxyl groups is 2. The van der Waals surface area contributed by atoms with E-state index in [0.717, 1.165) is 32.1 Å². The number of amides is 1. The molecule has 0 aliphatic carbocycles. The maximum absolute atomic E-state index is 12.4. The molecule has 0 spiro atoms.